The molecule has 1 N–H and O–H groups in total. The molecule has 29 heavy (non-hydrogen) atoms. The molecule has 0 aromatic heterocycles. The van der Waals surface area contributed by atoms with Crippen LogP contribution in [0, 0.1) is 19.7 Å². The van der Waals surface area contributed by atoms with E-state index in [0.717, 1.165) is 16.0 Å². The number of fused-ring (bicyclic) bond motifs is 1. The third-order valence-electron chi connectivity index (χ3n) is 4.93. The molecule has 8 nitrogen and oxygen atoms in total. The van der Waals surface area contributed by atoms with Crippen LogP contribution >= 0.6 is 0 Å². The number of benzene rings is 2. The monoisotopic (exact) mass is 395 g/mol. The minimum Gasteiger partial charge on any atom is -0.324 e. The molecule has 2 aliphatic heterocycles. The van der Waals surface area contributed by atoms with Gasteiger partial charge in [-0.25, -0.2) is 9.29 Å². The van der Waals surface area contributed by atoms with Crippen LogP contribution in [-0.2, 0) is 14.4 Å². The Morgan fingerprint density at radius 3 is 2.48 bits per heavy atom. The SMILES string of the molecule is Cc1cccc(C)c1N1C(=O)[C@H]2N=NN(CC(=O)Nc3cccc(F)c3)[C@H]2C1=O. The van der Waals surface area contributed by atoms with Crippen molar-refractivity contribution >= 4 is 29.1 Å². The lowest BCUT2D eigenvalue weighted by molar-refractivity contribution is -0.123. The summed E-state index contributed by atoms with van der Waals surface area (Å²) in [6, 6.07) is 9.00. The number of rotatable bonds is 4. The van der Waals surface area contributed by atoms with Crippen molar-refractivity contribution in [3.63, 3.8) is 0 Å². The van der Waals surface area contributed by atoms with Gasteiger partial charge in [0.15, 0.2) is 12.1 Å². The van der Waals surface area contributed by atoms with E-state index in [2.05, 4.69) is 15.7 Å². The highest BCUT2D eigenvalue weighted by molar-refractivity contribution is 6.26. The summed E-state index contributed by atoms with van der Waals surface area (Å²) in [6.45, 7) is 3.35. The summed E-state index contributed by atoms with van der Waals surface area (Å²) in [5.74, 6) is -1.92. The maximum Gasteiger partial charge on any atom is 0.263 e. The van der Waals surface area contributed by atoms with Crippen molar-refractivity contribution in [2.75, 3.05) is 16.8 Å². The summed E-state index contributed by atoms with van der Waals surface area (Å²) in [7, 11) is 0. The molecule has 0 aliphatic carbocycles. The highest BCUT2D eigenvalue weighted by Crippen LogP contribution is 2.35. The first kappa shape index (κ1) is 18.7. The van der Waals surface area contributed by atoms with Crippen LogP contribution in [0.4, 0.5) is 15.8 Å². The van der Waals surface area contributed by atoms with Gasteiger partial charge in [0.2, 0.25) is 5.91 Å². The molecule has 9 heteroatoms. The molecule has 148 valence electrons. The van der Waals surface area contributed by atoms with Gasteiger partial charge in [0.25, 0.3) is 11.8 Å². The first-order valence-corrected chi connectivity index (χ1v) is 9.03. The van der Waals surface area contributed by atoms with Gasteiger partial charge in [0, 0.05) is 5.69 Å². The lowest BCUT2D eigenvalue weighted by Crippen LogP contribution is -2.43. The molecule has 0 radical (unpaired) electrons. The number of anilines is 2. The van der Waals surface area contributed by atoms with E-state index in [1.165, 1.54) is 23.2 Å². The third kappa shape index (κ3) is 3.24. The van der Waals surface area contributed by atoms with Crippen LogP contribution in [0.25, 0.3) is 0 Å². The molecular formula is C20H18FN5O3. The summed E-state index contributed by atoms with van der Waals surface area (Å²) in [5.41, 5.74) is 2.41. The van der Waals surface area contributed by atoms with Crippen molar-refractivity contribution in [3.8, 4) is 0 Å². The Kier molecular flexibility index (Phi) is 4.57. The van der Waals surface area contributed by atoms with Crippen LogP contribution in [0.15, 0.2) is 52.8 Å². The molecule has 2 heterocycles. The minimum absolute atomic E-state index is 0.286. The van der Waals surface area contributed by atoms with Gasteiger partial charge >= 0.3 is 0 Å². The smallest absolute Gasteiger partial charge is 0.263 e. The van der Waals surface area contributed by atoms with E-state index < -0.39 is 35.6 Å². The molecular weight excluding hydrogens is 377 g/mol. The molecule has 0 bridgehead atoms. The summed E-state index contributed by atoms with van der Waals surface area (Å²) in [4.78, 5) is 39.4. The normalized spacial score (nSPS) is 20.4. The van der Waals surface area contributed by atoms with Crippen molar-refractivity contribution in [2.45, 2.75) is 25.9 Å². The van der Waals surface area contributed by atoms with Crippen LogP contribution < -0.4 is 10.2 Å². The number of hydrogen-bond donors (Lipinski definition) is 1. The number of nitrogens with one attached hydrogen (secondary N) is 1. The predicted molar refractivity (Wildman–Crippen MR) is 103 cm³/mol. The summed E-state index contributed by atoms with van der Waals surface area (Å²) >= 11 is 0. The molecule has 3 amide bonds. The Morgan fingerprint density at radius 1 is 1.10 bits per heavy atom. The summed E-state index contributed by atoms with van der Waals surface area (Å²) < 4.78 is 13.3. The highest BCUT2D eigenvalue weighted by Gasteiger charge is 2.55. The second kappa shape index (κ2) is 7.08. The van der Waals surface area contributed by atoms with E-state index in [1.54, 1.807) is 6.07 Å². The first-order chi connectivity index (χ1) is 13.9. The van der Waals surface area contributed by atoms with Gasteiger partial charge in [-0.1, -0.05) is 29.5 Å². The number of amides is 3. The standard InChI is InChI=1S/C20H18FN5O3/c1-11-5-3-6-12(2)17(11)26-19(28)16-18(20(26)29)25(24-23-16)10-15(27)22-14-8-4-7-13(21)9-14/h3-9,16,18H,10H2,1-2H3,(H,22,27)/t16-,18+/m0/s1. The van der Waals surface area contributed by atoms with Gasteiger partial charge in [0.05, 0.1) is 5.69 Å². The second-order valence-corrected chi connectivity index (χ2v) is 7.00. The zero-order valence-electron chi connectivity index (χ0n) is 15.8. The number of nitrogens with zero attached hydrogens (tertiary/aromatic N) is 4. The maximum atomic E-state index is 13.3. The first-order valence-electron chi connectivity index (χ1n) is 9.03. The lowest BCUT2D eigenvalue weighted by atomic mass is 10.1. The van der Waals surface area contributed by atoms with Crippen molar-refractivity contribution in [3.05, 3.63) is 59.4 Å². The maximum absolute atomic E-state index is 13.3. The van der Waals surface area contributed by atoms with Crippen LogP contribution in [-0.4, -0.2) is 41.4 Å². The fourth-order valence-corrected chi connectivity index (χ4v) is 3.65. The number of halogens is 1. The Bertz CT molecular complexity index is 1030. The van der Waals surface area contributed by atoms with Crippen molar-refractivity contribution < 1.29 is 18.8 Å². The number of aryl methyl sites for hydroxylation is 2. The molecule has 2 aliphatic rings. The van der Waals surface area contributed by atoms with Gasteiger partial charge in [0.1, 0.15) is 12.4 Å². The minimum atomic E-state index is -0.983. The van der Waals surface area contributed by atoms with Crippen molar-refractivity contribution in [1.82, 2.24) is 5.01 Å². The van der Waals surface area contributed by atoms with E-state index in [4.69, 9.17) is 0 Å². The highest BCUT2D eigenvalue weighted by atomic mass is 19.1. The van der Waals surface area contributed by atoms with Crippen LogP contribution in [0.3, 0.4) is 0 Å². The van der Waals surface area contributed by atoms with Crippen LogP contribution in [0.2, 0.25) is 0 Å². The number of hydrogen-bond acceptors (Lipinski definition) is 6. The van der Waals surface area contributed by atoms with Crippen LogP contribution in [0.5, 0.6) is 0 Å². The average Bonchev–Trinajstić information content (AvgIpc) is 3.17. The molecule has 0 spiro atoms. The van der Waals surface area contributed by atoms with Gasteiger partial charge in [-0.15, -0.1) is 0 Å². The van der Waals surface area contributed by atoms with E-state index in [0.29, 0.717) is 5.69 Å². The number of para-hydroxylation sites is 1. The Hall–Kier alpha value is -3.62. The fourth-order valence-electron chi connectivity index (χ4n) is 3.65. The van der Waals surface area contributed by atoms with Gasteiger partial charge in [-0.05, 0) is 43.2 Å². The number of imide groups is 1. The van der Waals surface area contributed by atoms with Crippen LogP contribution in [0.1, 0.15) is 11.1 Å². The quantitative estimate of drug-likeness (QED) is 0.804. The average molecular weight is 395 g/mol. The fraction of sp³-hybridized carbons (Fsp3) is 0.250. The Morgan fingerprint density at radius 2 is 1.79 bits per heavy atom. The molecule has 1 fully saturated rings. The summed E-state index contributed by atoms with van der Waals surface area (Å²) in [6.07, 6.45) is 0. The molecule has 2 aromatic rings. The Balaban J connectivity index is 1.53. The molecule has 0 saturated carbocycles. The molecule has 2 aromatic carbocycles. The number of carbonyl (C=O) groups is 3. The molecule has 0 unspecified atom stereocenters. The molecule has 4 rings (SSSR count). The van der Waals surface area contributed by atoms with E-state index in [9.17, 15) is 18.8 Å². The zero-order valence-corrected chi connectivity index (χ0v) is 15.8. The summed E-state index contributed by atoms with van der Waals surface area (Å²) in [5, 5.41) is 11.5. The van der Waals surface area contributed by atoms with Gasteiger partial charge in [-0.2, -0.15) is 5.11 Å². The molecule has 2 atom stereocenters. The Labute approximate surface area is 166 Å². The second-order valence-electron chi connectivity index (χ2n) is 7.00. The molecule has 1 saturated heterocycles. The largest absolute Gasteiger partial charge is 0.324 e. The zero-order chi connectivity index (χ0) is 20.7. The predicted octanol–water partition coefficient (Wildman–Crippen LogP) is 2.37. The topological polar surface area (TPSA) is 94.4 Å². The van der Waals surface area contributed by atoms with Crippen molar-refractivity contribution in [2.24, 2.45) is 10.3 Å². The lowest BCUT2D eigenvalue weighted by Gasteiger charge is -2.22. The van der Waals surface area contributed by atoms with E-state index >= 15 is 0 Å². The third-order valence-corrected chi connectivity index (χ3v) is 4.93. The van der Waals surface area contributed by atoms with Gasteiger partial charge < -0.3 is 5.32 Å². The van der Waals surface area contributed by atoms with Crippen molar-refractivity contribution in [1.29, 1.82) is 0 Å². The van der Waals surface area contributed by atoms with E-state index in [1.807, 2.05) is 32.0 Å². The van der Waals surface area contributed by atoms with Gasteiger partial charge in [-0.3, -0.25) is 19.4 Å². The van der Waals surface area contributed by atoms with E-state index in [-0.39, 0.29) is 12.2 Å². The number of carbonyl (C=O) groups excluding carboxylic acids is 3.